The Morgan fingerprint density at radius 1 is 1.19 bits per heavy atom. The van der Waals surface area contributed by atoms with Crippen molar-refractivity contribution in [3.63, 3.8) is 0 Å². The molecule has 8 heteroatoms. The van der Waals surface area contributed by atoms with Crippen molar-refractivity contribution in [3.05, 3.63) is 59.3 Å². The van der Waals surface area contributed by atoms with Gasteiger partial charge in [0.05, 0.1) is 11.2 Å². The summed E-state index contributed by atoms with van der Waals surface area (Å²) in [6.07, 6.45) is 5.85. The molecule has 1 amide bonds. The lowest BCUT2D eigenvalue weighted by molar-refractivity contribution is -0.154. The predicted octanol–water partition coefficient (Wildman–Crippen LogP) is 3.51. The molecule has 3 heterocycles. The number of benzene rings is 1. The van der Waals surface area contributed by atoms with Gasteiger partial charge in [-0.05, 0) is 61.9 Å². The molecule has 1 aromatic heterocycles. The molecule has 3 fully saturated rings. The lowest BCUT2D eigenvalue weighted by atomic mass is 9.75. The van der Waals surface area contributed by atoms with Crippen molar-refractivity contribution >= 4 is 11.7 Å². The number of pyridine rings is 1. The molecule has 0 radical (unpaired) electrons. The molecular formula is C24H24F2N4O2. The van der Waals surface area contributed by atoms with Crippen LogP contribution in [0.4, 0.5) is 14.6 Å². The number of amides is 1. The highest BCUT2D eigenvalue weighted by atomic mass is 19.2. The maximum absolute atomic E-state index is 13.7. The van der Waals surface area contributed by atoms with Crippen LogP contribution in [0.5, 0.6) is 0 Å². The van der Waals surface area contributed by atoms with E-state index >= 15 is 0 Å². The first kappa shape index (κ1) is 20.8. The lowest BCUT2D eigenvalue weighted by Gasteiger charge is -2.44. The van der Waals surface area contributed by atoms with Crippen LogP contribution < -0.4 is 4.90 Å². The van der Waals surface area contributed by atoms with Crippen molar-refractivity contribution in [2.24, 2.45) is 0 Å². The molecule has 166 valence electrons. The summed E-state index contributed by atoms with van der Waals surface area (Å²) in [5.74, 6) is -1.20. The van der Waals surface area contributed by atoms with Crippen LogP contribution in [0.25, 0.3) is 0 Å². The van der Waals surface area contributed by atoms with E-state index in [9.17, 15) is 18.8 Å². The van der Waals surface area contributed by atoms with Gasteiger partial charge in [-0.25, -0.2) is 13.8 Å². The van der Waals surface area contributed by atoms with Gasteiger partial charge >= 0.3 is 0 Å². The number of hydrogen-bond donors (Lipinski definition) is 0. The first-order valence-electron chi connectivity index (χ1n) is 11.0. The summed E-state index contributed by atoms with van der Waals surface area (Å²) in [7, 11) is 0. The zero-order valence-electron chi connectivity index (χ0n) is 17.6. The van der Waals surface area contributed by atoms with E-state index < -0.39 is 17.2 Å². The molecule has 2 aliphatic heterocycles. The highest BCUT2D eigenvalue weighted by Gasteiger charge is 2.44. The Balaban J connectivity index is 1.26. The number of fused-ring (bicyclic) bond motifs is 2. The zero-order valence-corrected chi connectivity index (χ0v) is 17.6. The number of rotatable bonds is 5. The minimum atomic E-state index is -0.900. The first-order valence-corrected chi connectivity index (χ1v) is 11.0. The van der Waals surface area contributed by atoms with Crippen molar-refractivity contribution in [1.82, 2.24) is 9.88 Å². The predicted molar refractivity (Wildman–Crippen MR) is 113 cm³/mol. The summed E-state index contributed by atoms with van der Waals surface area (Å²) in [5.41, 5.74) is 0.409. The van der Waals surface area contributed by atoms with E-state index in [1.165, 1.54) is 6.07 Å². The molecule has 2 unspecified atom stereocenters. The molecule has 2 atom stereocenters. The van der Waals surface area contributed by atoms with Gasteiger partial charge in [-0.1, -0.05) is 6.07 Å². The van der Waals surface area contributed by atoms with E-state index in [2.05, 4.69) is 16.0 Å². The summed E-state index contributed by atoms with van der Waals surface area (Å²) in [4.78, 5) is 21.5. The molecule has 1 aromatic carbocycles. The Hall–Kier alpha value is -3.05. The molecule has 1 aliphatic carbocycles. The van der Waals surface area contributed by atoms with Crippen LogP contribution in [0.15, 0.2) is 36.5 Å². The third-order valence-corrected chi connectivity index (χ3v) is 7.07. The highest BCUT2D eigenvalue weighted by molar-refractivity contribution is 5.78. The number of aromatic nitrogens is 1. The number of hydrogen-bond acceptors (Lipinski definition) is 5. The normalized spacial score (nSPS) is 23.5. The summed E-state index contributed by atoms with van der Waals surface area (Å²) in [6, 6.07) is 9.80. The SMILES string of the molecule is N#Cc1cccnc1N1C2CCC1CN(C(=O)COC1(c3ccc(F)c(F)c3)CCC1)C2. The quantitative estimate of drug-likeness (QED) is 0.715. The van der Waals surface area contributed by atoms with E-state index in [0.717, 1.165) is 25.3 Å². The Morgan fingerprint density at radius 3 is 2.56 bits per heavy atom. The molecular weight excluding hydrogens is 414 g/mol. The van der Waals surface area contributed by atoms with Gasteiger partial charge in [0.15, 0.2) is 11.6 Å². The van der Waals surface area contributed by atoms with Crippen LogP contribution >= 0.6 is 0 Å². The summed E-state index contributed by atoms with van der Waals surface area (Å²) >= 11 is 0. The maximum atomic E-state index is 13.7. The number of carbonyl (C=O) groups excluding carboxylic acids is 1. The van der Waals surface area contributed by atoms with Crippen molar-refractivity contribution in [2.75, 3.05) is 24.6 Å². The second kappa shape index (κ2) is 8.14. The number of likely N-dealkylation sites (tertiary alicyclic amines) is 1. The Bertz CT molecular complexity index is 1070. The molecule has 2 aromatic rings. The molecule has 0 spiro atoms. The molecule has 0 N–H and O–H groups in total. The minimum Gasteiger partial charge on any atom is -0.360 e. The van der Waals surface area contributed by atoms with Gasteiger partial charge in [0.25, 0.3) is 0 Å². The number of nitrogens with zero attached hydrogens (tertiary/aromatic N) is 4. The number of halogens is 2. The molecule has 1 saturated carbocycles. The fourth-order valence-electron chi connectivity index (χ4n) is 5.23. The molecule has 32 heavy (non-hydrogen) atoms. The van der Waals surface area contributed by atoms with Crippen LogP contribution in [-0.2, 0) is 15.1 Å². The van der Waals surface area contributed by atoms with Gasteiger partial charge in [-0.15, -0.1) is 0 Å². The van der Waals surface area contributed by atoms with Crippen LogP contribution in [0.2, 0.25) is 0 Å². The van der Waals surface area contributed by atoms with Crippen molar-refractivity contribution in [3.8, 4) is 6.07 Å². The van der Waals surface area contributed by atoms with Crippen LogP contribution in [0.3, 0.4) is 0 Å². The Kier molecular flexibility index (Phi) is 5.30. The molecule has 6 nitrogen and oxygen atoms in total. The maximum Gasteiger partial charge on any atom is 0.248 e. The van der Waals surface area contributed by atoms with Crippen LogP contribution in [-0.4, -0.2) is 47.6 Å². The van der Waals surface area contributed by atoms with E-state index in [1.807, 2.05) is 4.90 Å². The lowest BCUT2D eigenvalue weighted by Crippen LogP contribution is -2.57. The second-order valence-electron chi connectivity index (χ2n) is 8.84. The largest absolute Gasteiger partial charge is 0.360 e. The number of ether oxygens (including phenoxy) is 1. The highest BCUT2D eigenvalue weighted by Crippen LogP contribution is 2.45. The van der Waals surface area contributed by atoms with E-state index in [0.29, 0.717) is 42.9 Å². The van der Waals surface area contributed by atoms with Gasteiger partial charge in [0, 0.05) is 31.4 Å². The van der Waals surface area contributed by atoms with Crippen LogP contribution in [0.1, 0.15) is 43.2 Å². The molecule has 2 saturated heterocycles. The minimum absolute atomic E-state index is 0.0918. The monoisotopic (exact) mass is 438 g/mol. The molecule has 2 bridgehead atoms. The number of carbonyl (C=O) groups is 1. The zero-order chi connectivity index (χ0) is 22.3. The van der Waals surface area contributed by atoms with E-state index in [1.54, 1.807) is 24.4 Å². The van der Waals surface area contributed by atoms with Gasteiger partial charge in [0.2, 0.25) is 5.91 Å². The number of anilines is 1. The van der Waals surface area contributed by atoms with Crippen molar-refractivity contribution in [1.29, 1.82) is 5.26 Å². The first-order chi connectivity index (χ1) is 15.5. The van der Waals surface area contributed by atoms with Crippen molar-refractivity contribution in [2.45, 2.75) is 49.8 Å². The number of nitriles is 1. The Morgan fingerprint density at radius 2 is 1.94 bits per heavy atom. The van der Waals surface area contributed by atoms with E-state index in [4.69, 9.17) is 4.74 Å². The number of piperazine rings is 1. The molecule has 3 aliphatic rings. The average Bonchev–Trinajstić information content (AvgIpc) is 3.03. The third-order valence-electron chi connectivity index (χ3n) is 7.07. The van der Waals surface area contributed by atoms with Crippen LogP contribution in [0, 0.1) is 23.0 Å². The Labute approximate surface area is 185 Å². The average molecular weight is 438 g/mol. The van der Waals surface area contributed by atoms with Crippen molar-refractivity contribution < 1.29 is 18.3 Å². The standard InChI is InChI=1S/C24H24F2N4O2/c25-20-7-4-17(11-21(20)26)24(8-2-9-24)32-15-22(31)29-13-18-5-6-19(14-29)30(18)23-16(12-27)3-1-10-28-23/h1,3-4,7,10-11,18-19H,2,5-6,8-9,13-15H2. The van der Waals surface area contributed by atoms with E-state index in [-0.39, 0.29) is 24.6 Å². The summed E-state index contributed by atoms with van der Waals surface area (Å²) < 4.78 is 33.1. The fraction of sp³-hybridized carbons (Fsp3) is 0.458. The topological polar surface area (TPSA) is 69.5 Å². The third kappa shape index (κ3) is 3.51. The van der Waals surface area contributed by atoms with Gasteiger partial charge in [-0.3, -0.25) is 4.79 Å². The smallest absolute Gasteiger partial charge is 0.248 e. The van der Waals surface area contributed by atoms with Gasteiger partial charge in [0.1, 0.15) is 18.5 Å². The van der Waals surface area contributed by atoms with Gasteiger partial charge in [-0.2, -0.15) is 5.26 Å². The second-order valence-corrected chi connectivity index (χ2v) is 8.84. The summed E-state index contributed by atoms with van der Waals surface area (Å²) in [6.45, 7) is 1.02. The molecule has 5 rings (SSSR count). The fourth-order valence-corrected chi connectivity index (χ4v) is 5.23. The summed E-state index contributed by atoms with van der Waals surface area (Å²) in [5, 5.41) is 9.44. The van der Waals surface area contributed by atoms with Gasteiger partial charge < -0.3 is 14.5 Å².